The van der Waals surface area contributed by atoms with Crippen molar-refractivity contribution in [1.82, 2.24) is 0 Å². The summed E-state index contributed by atoms with van der Waals surface area (Å²) in [6.45, 7) is 4.76. The monoisotopic (exact) mass is 693 g/mol. The normalized spacial score (nSPS) is 15.9. The summed E-state index contributed by atoms with van der Waals surface area (Å²) in [6.07, 6.45) is 6.33. The lowest BCUT2D eigenvalue weighted by molar-refractivity contribution is 0.353. The summed E-state index contributed by atoms with van der Waals surface area (Å²) < 4.78 is 0. The van der Waals surface area contributed by atoms with Crippen LogP contribution in [0.25, 0.3) is 54.9 Å². The molecule has 54 heavy (non-hydrogen) atoms. The van der Waals surface area contributed by atoms with E-state index < -0.39 is 0 Å². The van der Waals surface area contributed by atoms with E-state index in [4.69, 9.17) is 0 Å². The SMILES string of the molecule is CC1(C)c2ccccc2-c2cccc(-c3ccc(N(c4ccc5c(c4)C4(CCCCC4)c4ccccc4-5)c4cccc5c4ccc4ccccc45)cc3)c21. The van der Waals surface area contributed by atoms with Gasteiger partial charge in [0, 0.05) is 27.6 Å². The van der Waals surface area contributed by atoms with Crippen LogP contribution >= 0.6 is 0 Å². The molecule has 3 aliphatic carbocycles. The number of hydrogen-bond acceptors (Lipinski definition) is 1. The highest BCUT2D eigenvalue weighted by atomic mass is 15.1. The number of nitrogens with zero attached hydrogens (tertiary/aromatic N) is 1. The Balaban J connectivity index is 1.10. The van der Waals surface area contributed by atoms with Crippen molar-refractivity contribution in [2.45, 2.75) is 56.8 Å². The molecule has 1 nitrogen and oxygen atoms in total. The van der Waals surface area contributed by atoms with Crippen LogP contribution in [0.1, 0.15) is 68.2 Å². The second-order valence-corrected chi connectivity index (χ2v) is 16.4. The van der Waals surface area contributed by atoms with Crippen molar-refractivity contribution in [3.63, 3.8) is 0 Å². The van der Waals surface area contributed by atoms with Gasteiger partial charge in [0.1, 0.15) is 0 Å². The van der Waals surface area contributed by atoms with Gasteiger partial charge in [-0.3, -0.25) is 0 Å². The average Bonchev–Trinajstić information content (AvgIpc) is 3.63. The number of hydrogen-bond donors (Lipinski definition) is 0. The molecule has 0 unspecified atom stereocenters. The number of fused-ring (bicyclic) bond motifs is 11. The Bertz CT molecular complexity index is 2780. The molecule has 0 atom stereocenters. The Morgan fingerprint density at radius 3 is 1.89 bits per heavy atom. The fourth-order valence-corrected chi connectivity index (χ4v) is 10.8. The molecule has 0 bridgehead atoms. The van der Waals surface area contributed by atoms with Crippen LogP contribution in [0.3, 0.4) is 0 Å². The van der Waals surface area contributed by atoms with E-state index in [0.29, 0.717) is 0 Å². The number of benzene rings is 8. The zero-order valence-electron chi connectivity index (χ0n) is 31.1. The summed E-state index contributed by atoms with van der Waals surface area (Å²) >= 11 is 0. The molecule has 1 fully saturated rings. The molecule has 260 valence electrons. The Morgan fingerprint density at radius 2 is 1.06 bits per heavy atom. The van der Waals surface area contributed by atoms with Gasteiger partial charge >= 0.3 is 0 Å². The molecule has 3 aliphatic rings. The second-order valence-electron chi connectivity index (χ2n) is 16.4. The molecule has 0 aliphatic heterocycles. The van der Waals surface area contributed by atoms with Crippen molar-refractivity contribution < 1.29 is 0 Å². The van der Waals surface area contributed by atoms with Gasteiger partial charge in [0.05, 0.1) is 5.69 Å². The lowest BCUT2D eigenvalue weighted by Crippen LogP contribution is -2.28. The van der Waals surface area contributed by atoms with Crippen molar-refractivity contribution >= 4 is 38.6 Å². The van der Waals surface area contributed by atoms with E-state index >= 15 is 0 Å². The summed E-state index contributed by atoms with van der Waals surface area (Å²) in [4.78, 5) is 2.52. The predicted octanol–water partition coefficient (Wildman–Crippen LogP) is 14.7. The van der Waals surface area contributed by atoms with Crippen LogP contribution in [0.2, 0.25) is 0 Å². The molecule has 1 spiro atoms. The molecule has 0 heterocycles. The van der Waals surface area contributed by atoms with Crippen molar-refractivity contribution in [1.29, 1.82) is 0 Å². The van der Waals surface area contributed by atoms with Crippen molar-refractivity contribution in [3.05, 3.63) is 186 Å². The first-order chi connectivity index (χ1) is 26.5. The molecular formula is C53H43N. The first-order valence-electron chi connectivity index (χ1n) is 19.8. The third-order valence-electron chi connectivity index (χ3n) is 13.2. The highest BCUT2D eigenvalue weighted by Gasteiger charge is 2.44. The van der Waals surface area contributed by atoms with Gasteiger partial charge in [-0.15, -0.1) is 0 Å². The molecule has 1 saturated carbocycles. The fourth-order valence-electron chi connectivity index (χ4n) is 10.8. The quantitative estimate of drug-likeness (QED) is 0.166. The second kappa shape index (κ2) is 11.8. The summed E-state index contributed by atoms with van der Waals surface area (Å²) in [5.41, 5.74) is 17.6. The van der Waals surface area contributed by atoms with Crippen molar-refractivity contribution in [2.75, 3.05) is 4.90 Å². The minimum absolute atomic E-state index is 0.0734. The maximum atomic E-state index is 2.55. The zero-order valence-corrected chi connectivity index (χ0v) is 31.1. The molecule has 8 aromatic rings. The minimum Gasteiger partial charge on any atom is -0.310 e. The topological polar surface area (TPSA) is 3.24 Å². The maximum Gasteiger partial charge on any atom is 0.0540 e. The van der Waals surface area contributed by atoms with Gasteiger partial charge < -0.3 is 4.90 Å². The van der Waals surface area contributed by atoms with Crippen molar-refractivity contribution in [2.24, 2.45) is 0 Å². The predicted molar refractivity (Wildman–Crippen MR) is 228 cm³/mol. The van der Waals surface area contributed by atoms with Gasteiger partial charge in [0.2, 0.25) is 0 Å². The van der Waals surface area contributed by atoms with E-state index in [1.54, 1.807) is 0 Å². The smallest absolute Gasteiger partial charge is 0.0540 e. The van der Waals surface area contributed by atoms with Gasteiger partial charge in [0.15, 0.2) is 0 Å². The van der Waals surface area contributed by atoms with Gasteiger partial charge in [0.25, 0.3) is 0 Å². The molecule has 1 heteroatoms. The molecule has 0 saturated heterocycles. The molecular weight excluding hydrogens is 651 g/mol. The highest BCUT2D eigenvalue weighted by molar-refractivity contribution is 6.12. The Kier molecular flexibility index (Phi) is 6.90. The number of rotatable bonds is 4. The highest BCUT2D eigenvalue weighted by Crippen LogP contribution is 2.57. The lowest BCUT2D eigenvalue weighted by Gasteiger charge is -2.36. The largest absolute Gasteiger partial charge is 0.310 e. The maximum absolute atomic E-state index is 2.55. The molecule has 11 rings (SSSR count). The van der Waals surface area contributed by atoms with E-state index in [9.17, 15) is 0 Å². The Hall–Kier alpha value is -5.92. The standard InChI is InChI=1S/C53H43N/c1-52(2)47-21-8-6-17-43(47)46-20-12-18-40(51(46)52)36-24-27-37(28-25-36)54(50-23-13-19-41-39-15-5-4-14-35(39)26-30-45(41)50)38-29-31-44-42-16-7-9-22-48(42)53(49(44)34-38)32-10-3-11-33-53/h4-9,12-31,34H,3,10-11,32-33H2,1-2H3. The first-order valence-corrected chi connectivity index (χ1v) is 19.8. The molecule has 0 radical (unpaired) electrons. The Labute approximate surface area is 318 Å². The molecule has 0 N–H and O–H groups in total. The summed E-state index contributed by atoms with van der Waals surface area (Å²) in [6, 6.07) is 62.0. The van der Waals surface area contributed by atoms with Gasteiger partial charge in [-0.25, -0.2) is 0 Å². The first kappa shape index (κ1) is 31.6. The third-order valence-corrected chi connectivity index (χ3v) is 13.2. The van der Waals surface area contributed by atoms with Crippen LogP contribution in [0.15, 0.2) is 164 Å². The van der Waals surface area contributed by atoms with Crippen molar-refractivity contribution in [3.8, 4) is 33.4 Å². The van der Waals surface area contributed by atoms with E-state index in [0.717, 1.165) is 0 Å². The van der Waals surface area contributed by atoms with Gasteiger partial charge in [-0.1, -0.05) is 167 Å². The van der Waals surface area contributed by atoms with E-state index in [2.05, 4.69) is 183 Å². The van der Waals surface area contributed by atoms with Gasteiger partial charge in [-0.05, 0) is 115 Å². The van der Waals surface area contributed by atoms with Crippen LogP contribution in [-0.4, -0.2) is 0 Å². The van der Waals surface area contributed by atoms with E-state index in [1.165, 1.54) is 126 Å². The average molecular weight is 694 g/mol. The Morgan fingerprint density at radius 1 is 0.426 bits per heavy atom. The van der Waals surface area contributed by atoms with E-state index in [1.807, 2.05) is 0 Å². The van der Waals surface area contributed by atoms with Gasteiger partial charge in [-0.2, -0.15) is 0 Å². The van der Waals surface area contributed by atoms with Crippen LogP contribution in [0.4, 0.5) is 17.1 Å². The third kappa shape index (κ3) is 4.45. The lowest BCUT2D eigenvalue weighted by atomic mass is 9.68. The van der Waals surface area contributed by atoms with Crippen LogP contribution in [0.5, 0.6) is 0 Å². The molecule has 0 aromatic heterocycles. The summed E-state index contributed by atoms with van der Waals surface area (Å²) in [7, 11) is 0. The summed E-state index contributed by atoms with van der Waals surface area (Å²) in [5.74, 6) is 0. The molecule has 8 aromatic carbocycles. The minimum atomic E-state index is -0.0734. The summed E-state index contributed by atoms with van der Waals surface area (Å²) in [5, 5.41) is 5.11. The van der Waals surface area contributed by atoms with Crippen LogP contribution in [-0.2, 0) is 10.8 Å². The van der Waals surface area contributed by atoms with E-state index in [-0.39, 0.29) is 10.8 Å². The zero-order chi connectivity index (χ0) is 36.0. The fraction of sp³-hybridized carbons (Fsp3) is 0.170. The van der Waals surface area contributed by atoms with Crippen LogP contribution in [0, 0.1) is 0 Å². The number of anilines is 3. The molecule has 0 amide bonds. The van der Waals surface area contributed by atoms with Crippen LogP contribution < -0.4 is 4.90 Å².